The molecule has 3 heterocycles. The fourth-order valence-corrected chi connectivity index (χ4v) is 3.99. The molecule has 2 aliphatic heterocycles. The number of rotatable bonds is 5. The number of anilines is 2. The average molecular weight is 398 g/mol. The SMILES string of the molecule is Cc1ccc(N2CN(CCCN3CCOCC3)Cn3c2nc(C)c(C)c3=O)cc1. The van der Waals surface area contributed by atoms with E-state index in [-0.39, 0.29) is 5.56 Å². The molecule has 1 saturated heterocycles. The van der Waals surface area contributed by atoms with Crippen molar-refractivity contribution in [2.45, 2.75) is 33.9 Å². The molecule has 0 saturated carbocycles. The zero-order valence-corrected chi connectivity index (χ0v) is 17.7. The summed E-state index contributed by atoms with van der Waals surface area (Å²) in [6, 6.07) is 8.43. The normalized spacial score (nSPS) is 18.1. The zero-order valence-electron chi connectivity index (χ0n) is 17.7. The van der Waals surface area contributed by atoms with Crippen LogP contribution in [0, 0.1) is 20.8 Å². The van der Waals surface area contributed by atoms with Crippen LogP contribution in [0.3, 0.4) is 0 Å². The smallest absolute Gasteiger partial charge is 0.259 e. The molecule has 2 aromatic rings. The summed E-state index contributed by atoms with van der Waals surface area (Å²) in [4.78, 5) is 24.7. The quantitative estimate of drug-likeness (QED) is 0.772. The molecule has 0 unspecified atom stereocenters. The number of hydrogen-bond donors (Lipinski definition) is 0. The maximum Gasteiger partial charge on any atom is 0.259 e. The van der Waals surface area contributed by atoms with Crippen LogP contribution in [0.15, 0.2) is 29.1 Å². The van der Waals surface area contributed by atoms with Gasteiger partial charge in [0.2, 0.25) is 5.95 Å². The predicted octanol–water partition coefficient (Wildman–Crippen LogP) is 2.26. The molecule has 7 heteroatoms. The number of morpholine rings is 1. The lowest BCUT2D eigenvalue weighted by Crippen LogP contribution is -2.48. The van der Waals surface area contributed by atoms with Gasteiger partial charge >= 0.3 is 0 Å². The maximum atomic E-state index is 13.0. The van der Waals surface area contributed by atoms with Crippen molar-refractivity contribution in [3.05, 3.63) is 51.4 Å². The molecule has 29 heavy (non-hydrogen) atoms. The Balaban J connectivity index is 1.56. The topological polar surface area (TPSA) is 53.8 Å². The summed E-state index contributed by atoms with van der Waals surface area (Å²) in [5, 5.41) is 0. The van der Waals surface area contributed by atoms with Gasteiger partial charge in [-0.3, -0.25) is 24.1 Å². The van der Waals surface area contributed by atoms with E-state index in [0.29, 0.717) is 6.67 Å². The third kappa shape index (κ3) is 4.37. The highest BCUT2D eigenvalue weighted by molar-refractivity contribution is 5.58. The highest BCUT2D eigenvalue weighted by Gasteiger charge is 2.27. The van der Waals surface area contributed by atoms with E-state index in [1.807, 2.05) is 18.4 Å². The van der Waals surface area contributed by atoms with E-state index in [0.717, 1.165) is 75.4 Å². The first-order valence-electron chi connectivity index (χ1n) is 10.5. The third-order valence-corrected chi connectivity index (χ3v) is 5.94. The molecule has 1 aromatic carbocycles. The first-order valence-corrected chi connectivity index (χ1v) is 10.5. The van der Waals surface area contributed by atoms with Crippen LogP contribution in [-0.4, -0.2) is 65.4 Å². The molecule has 0 amide bonds. The van der Waals surface area contributed by atoms with Crippen molar-refractivity contribution in [1.82, 2.24) is 19.4 Å². The third-order valence-electron chi connectivity index (χ3n) is 5.94. The van der Waals surface area contributed by atoms with Crippen LogP contribution in [0.25, 0.3) is 0 Å². The molecule has 2 aliphatic rings. The number of hydrogen-bond acceptors (Lipinski definition) is 6. The molecule has 0 N–H and O–H groups in total. The van der Waals surface area contributed by atoms with E-state index >= 15 is 0 Å². The van der Waals surface area contributed by atoms with Gasteiger partial charge in [-0.25, -0.2) is 4.98 Å². The van der Waals surface area contributed by atoms with Crippen LogP contribution in [0.4, 0.5) is 11.6 Å². The average Bonchev–Trinajstić information content (AvgIpc) is 2.74. The highest BCUT2D eigenvalue weighted by atomic mass is 16.5. The lowest BCUT2D eigenvalue weighted by atomic mass is 10.2. The highest BCUT2D eigenvalue weighted by Crippen LogP contribution is 2.27. The minimum atomic E-state index is 0.0579. The molecule has 156 valence electrons. The molecule has 0 radical (unpaired) electrons. The minimum absolute atomic E-state index is 0.0579. The van der Waals surface area contributed by atoms with Gasteiger partial charge in [0.15, 0.2) is 0 Å². The molecule has 0 spiro atoms. The van der Waals surface area contributed by atoms with Gasteiger partial charge in [0.25, 0.3) is 5.56 Å². The van der Waals surface area contributed by atoms with Gasteiger partial charge in [0.1, 0.15) is 0 Å². The number of fused-ring (bicyclic) bond motifs is 1. The number of ether oxygens (including phenoxy) is 1. The van der Waals surface area contributed by atoms with Gasteiger partial charge in [0.05, 0.1) is 26.6 Å². The zero-order chi connectivity index (χ0) is 20.4. The largest absolute Gasteiger partial charge is 0.379 e. The van der Waals surface area contributed by atoms with E-state index in [4.69, 9.17) is 9.72 Å². The van der Waals surface area contributed by atoms with Crippen LogP contribution in [0.5, 0.6) is 0 Å². The Morgan fingerprint density at radius 2 is 1.66 bits per heavy atom. The van der Waals surface area contributed by atoms with E-state index in [1.54, 1.807) is 0 Å². The Morgan fingerprint density at radius 1 is 0.966 bits per heavy atom. The molecule has 0 atom stereocenters. The van der Waals surface area contributed by atoms with E-state index in [2.05, 4.69) is 45.9 Å². The van der Waals surface area contributed by atoms with Gasteiger partial charge in [-0.05, 0) is 45.9 Å². The van der Waals surface area contributed by atoms with Crippen molar-refractivity contribution in [3.63, 3.8) is 0 Å². The van der Waals surface area contributed by atoms with Crippen LogP contribution in [-0.2, 0) is 11.4 Å². The number of aromatic nitrogens is 2. The molecular formula is C22H31N5O2. The lowest BCUT2D eigenvalue weighted by Gasteiger charge is -2.38. The Kier molecular flexibility index (Phi) is 5.99. The minimum Gasteiger partial charge on any atom is -0.379 e. The first kappa shape index (κ1) is 20.1. The second kappa shape index (κ2) is 8.65. The maximum absolute atomic E-state index is 13.0. The van der Waals surface area contributed by atoms with E-state index in [9.17, 15) is 4.79 Å². The number of benzene rings is 1. The summed E-state index contributed by atoms with van der Waals surface area (Å²) in [5.74, 6) is 0.742. The van der Waals surface area contributed by atoms with E-state index < -0.39 is 0 Å². The van der Waals surface area contributed by atoms with Crippen molar-refractivity contribution >= 4 is 11.6 Å². The standard InChI is InChI=1S/C22H31N5O2/c1-17-5-7-20(8-6-17)26-15-25(10-4-9-24-11-13-29-14-12-24)16-27-21(28)18(2)19(3)23-22(26)27/h5-8H,4,9-16H2,1-3H3. The van der Waals surface area contributed by atoms with Crippen LogP contribution >= 0.6 is 0 Å². The predicted molar refractivity (Wildman–Crippen MR) is 115 cm³/mol. The van der Waals surface area contributed by atoms with E-state index in [1.165, 1.54) is 5.56 Å². The Bertz CT molecular complexity index is 903. The van der Waals surface area contributed by atoms with Crippen molar-refractivity contribution in [1.29, 1.82) is 0 Å². The fraction of sp³-hybridized carbons (Fsp3) is 0.545. The lowest BCUT2D eigenvalue weighted by molar-refractivity contribution is 0.0354. The summed E-state index contributed by atoms with van der Waals surface area (Å²) in [6.07, 6.45) is 1.07. The van der Waals surface area contributed by atoms with Gasteiger partial charge < -0.3 is 4.74 Å². The van der Waals surface area contributed by atoms with Gasteiger partial charge in [0, 0.05) is 36.6 Å². The van der Waals surface area contributed by atoms with Crippen molar-refractivity contribution in [2.24, 2.45) is 0 Å². The molecule has 0 aliphatic carbocycles. The summed E-state index contributed by atoms with van der Waals surface area (Å²) in [7, 11) is 0. The van der Waals surface area contributed by atoms with Gasteiger partial charge in [-0.15, -0.1) is 0 Å². The molecule has 7 nitrogen and oxygen atoms in total. The fourth-order valence-electron chi connectivity index (χ4n) is 3.99. The Hall–Kier alpha value is -2.22. The second-order valence-corrected chi connectivity index (χ2v) is 8.10. The first-order chi connectivity index (χ1) is 14.0. The summed E-state index contributed by atoms with van der Waals surface area (Å²) < 4.78 is 7.26. The van der Waals surface area contributed by atoms with Crippen molar-refractivity contribution in [3.8, 4) is 0 Å². The van der Waals surface area contributed by atoms with Crippen molar-refractivity contribution < 1.29 is 4.74 Å². The van der Waals surface area contributed by atoms with Crippen LogP contribution in [0.1, 0.15) is 23.2 Å². The summed E-state index contributed by atoms with van der Waals surface area (Å²) in [5.41, 5.74) is 3.88. The molecule has 1 aromatic heterocycles. The van der Waals surface area contributed by atoms with Gasteiger partial charge in [-0.1, -0.05) is 17.7 Å². The molecule has 4 rings (SSSR count). The van der Waals surface area contributed by atoms with Gasteiger partial charge in [-0.2, -0.15) is 0 Å². The summed E-state index contributed by atoms with van der Waals surface area (Å²) in [6.45, 7) is 12.9. The monoisotopic (exact) mass is 397 g/mol. The molecular weight excluding hydrogens is 366 g/mol. The number of aryl methyl sites for hydroxylation is 2. The van der Waals surface area contributed by atoms with Crippen LogP contribution in [0.2, 0.25) is 0 Å². The van der Waals surface area contributed by atoms with Crippen LogP contribution < -0.4 is 10.5 Å². The molecule has 1 fully saturated rings. The second-order valence-electron chi connectivity index (χ2n) is 8.10. The number of nitrogens with zero attached hydrogens (tertiary/aromatic N) is 5. The summed E-state index contributed by atoms with van der Waals surface area (Å²) >= 11 is 0. The molecule has 0 bridgehead atoms. The Labute approximate surface area is 172 Å². The Morgan fingerprint density at radius 3 is 2.38 bits per heavy atom. The van der Waals surface area contributed by atoms with Crippen molar-refractivity contribution in [2.75, 3.05) is 51.0 Å².